The topological polar surface area (TPSA) is 40.5 Å². The van der Waals surface area contributed by atoms with Crippen molar-refractivity contribution in [2.75, 3.05) is 0 Å². The van der Waals surface area contributed by atoms with Gasteiger partial charge in [-0.2, -0.15) is 0 Å². The molecule has 4 aromatic carbocycles. The van der Waals surface area contributed by atoms with E-state index in [4.69, 9.17) is 0 Å². The van der Waals surface area contributed by atoms with Gasteiger partial charge in [-0.3, -0.25) is 0 Å². The van der Waals surface area contributed by atoms with Gasteiger partial charge in [0.2, 0.25) is 0 Å². The van der Waals surface area contributed by atoms with Crippen molar-refractivity contribution in [2.24, 2.45) is 23.7 Å². The molecule has 4 aromatic rings. The second-order valence-corrected chi connectivity index (χ2v) is 10.4. The molecule has 1 aliphatic rings. The van der Waals surface area contributed by atoms with Crippen molar-refractivity contribution in [1.82, 2.24) is 0 Å². The molecule has 6 atom stereocenters. The summed E-state index contributed by atoms with van der Waals surface area (Å²) in [7, 11) is 0. The maximum absolute atomic E-state index is 11.6. The van der Waals surface area contributed by atoms with Gasteiger partial charge in [0.1, 0.15) is 0 Å². The van der Waals surface area contributed by atoms with Crippen molar-refractivity contribution in [1.29, 1.82) is 0 Å². The quantitative estimate of drug-likeness (QED) is 0.320. The van der Waals surface area contributed by atoms with Gasteiger partial charge in [-0.25, -0.2) is 0 Å². The molecule has 0 spiro atoms. The Morgan fingerprint density at radius 1 is 0.333 bits per heavy atom. The maximum atomic E-state index is 11.6. The van der Waals surface area contributed by atoms with Crippen LogP contribution in [0, 0.1) is 23.7 Å². The number of aliphatic hydroxyl groups is 2. The molecule has 0 amide bonds. The molecule has 0 aromatic heterocycles. The third kappa shape index (κ3) is 5.78. The molecular formula is C34H36O2. The Balaban J connectivity index is 1.55. The number of aliphatic hydroxyl groups excluding tert-OH is 2. The summed E-state index contributed by atoms with van der Waals surface area (Å²) in [5.41, 5.74) is 5.01. The summed E-state index contributed by atoms with van der Waals surface area (Å²) in [6, 6.07) is 42.2. The molecule has 1 aliphatic carbocycles. The SMILES string of the molecule is O[C@@H]1[C@H](O)[C@H](Cc2ccccc2)[C@H](Cc2ccccc2)[C@@H](Cc2ccccc2)[C@@H]1Cc1ccccc1. The second-order valence-electron chi connectivity index (χ2n) is 10.4. The lowest BCUT2D eigenvalue weighted by molar-refractivity contribution is -0.126. The predicted molar refractivity (Wildman–Crippen MR) is 147 cm³/mol. The predicted octanol–water partition coefficient (Wildman–Crippen LogP) is 6.16. The Labute approximate surface area is 215 Å². The fourth-order valence-corrected chi connectivity index (χ4v) is 6.34. The maximum Gasteiger partial charge on any atom is 0.0836 e. The summed E-state index contributed by atoms with van der Waals surface area (Å²) in [6.45, 7) is 0. The first-order valence-corrected chi connectivity index (χ1v) is 13.2. The molecule has 0 bridgehead atoms. The summed E-state index contributed by atoms with van der Waals surface area (Å²) < 4.78 is 0. The van der Waals surface area contributed by atoms with E-state index in [9.17, 15) is 10.2 Å². The van der Waals surface area contributed by atoms with Crippen LogP contribution in [-0.4, -0.2) is 22.4 Å². The summed E-state index contributed by atoms with van der Waals surface area (Å²) >= 11 is 0. The van der Waals surface area contributed by atoms with E-state index < -0.39 is 12.2 Å². The van der Waals surface area contributed by atoms with Gasteiger partial charge in [0.05, 0.1) is 12.2 Å². The van der Waals surface area contributed by atoms with Crippen molar-refractivity contribution >= 4 is 0 Å². The highest BCUT2D eigenvalue weighted by molar-refractivity contribution is 5.23. The Morgan fingerprint density at radius 3 is 0.806 bits per heavy atom. The van der Waals surface area contributed by atoms with Gasteiger partial charge in [0.25, 0.3) is 0 Å². The minimum atomic E-state index is -0.764. The summed E-state index contributed by atoms with van der Waals surface area (Å²) in [5.74, 6) is 0.423. The minimum absolute atomic E-state index is 0.0247. The highest BCUT2D eigenvalue weighted by Gasteiger charge is 2.48. The van der Waals surface area contributed by atoms with Crippen LogP contribution in [0.25, 0.3) is 0 Å². The van der Waals surface area contributed by atoms with E-state index in [1.54, 1.807) is 0 Å². The number of rotatable bonds is 8. The van der Waals surface area contributed by atoms with Gasteiger partial charge in [0.15, 0.2) is 0 Å². The normalized spacial score (nSPS) is 25.9. The van der Waals surface area contributed by atoms with Gasteiger partial charge in [-0.15, -0.1) is 0 Å². The van der Waals surface area contributed by atoms with Crippen LogP contribution < -0.4 is 0 Å². The van der Waals surface area contributed by atoms with Crippen molar-refractivity contribution in [3.8, 4) is 0 Å². The number of hydrogen-bond acceptors (Lipinski definition) is 2. The Hall–Kier alpha value is -3.20. The zero-order chi connectivity index (χ0) is 24.7. The van der Waals surface area contributed by atoms with E-state index in [1.807, 2.05) is 12.1 Å². The van der Waals surface area contributed by atoms with Crippen molar-refractivity contribution in [3.05, 3.63) is 144 Å². The molecule has 0 saturated heterocycles. The van der Waals surface area contributed by atoms with Crippen molar-refractivity contribution in [3.63, 3.8) is 0 Å². The highest BCUT2D eigenvalue weighted by Crippen LogP contribution is 2.45. The number of hydrogen-bond donors (Lipinski definition) is 2. The fraction of sp³-hybridized carbons (Fsp3) is 0.294. The molecule has 0 heterocycles. The lowest BCUT2D eigenvalue weighted by atomic mass is 9.58. The molecule has 0 unspecified atom stereocenters. The van der Waals surface area contributed by atoms with Gasteiger partial charge in [0, 0.05) is 0 Å². The van der Waals surface area contributed by atoms with Crippen molar-refractivity contribution < 1.29 is 10.2 Å². The molecule has 5 rings (SSSR count). The first-order chi connectivity index (χ1) is 17.7. The molecule has 2 nitrogen and oxygen atoms in total. The third-order valence-corrected chi connectivity index (χ3v) is 8.13. The van der Waals surface area contributed by atoms with Gasteiger partial charge in [-0.05, 0) is 71.6 Å². The molecule has 0 radical (unpaired) electrons. The Kier molecular flexibility index (Phi) is 7.95. The molecular weight excluding hydrogens is 440 g/mol. The summed E-state index contributed by atoms with van der Waals surface area (Å²) in [4.78, 5) is 0. The van der Waals surface area contributed by atoms with Crippen LogP contribution in [-0.2, 0) is 25.7 Å². The number of benzene rings is 4. The largest absolute Gasteiger partial charge is 0.390 e. The zero-order valence-corrected chi connectivity index (χ0v) is 20.7. The van der Waals surface area contributed by atoms with E-state index in [-0.39, 0.29) is 23.7 Å². The van der Waals surface area contributed by atoms with Crippen molar-refractivity contribution in [2.45, 2.75) is 37.9 Å². The molecule has 36 heavy (non-hydrogen) atoms. The standard InChI is InChI=1S/C34H36O2/c35-33-31(23-27-17-9-3-10-18-27)29(21-25-13-5-1-6-14-25)30(22-26-15-7-2-8-16-26)32(34(33)36)24-28-19-11-4-12-20-28/h1-20,29-36H,21-24H2/t29-,30-,31-,32+,33-,34+/m1/s1. The summed E-state index contributed by atoms with van der Waals surface area (Å²) in [5, 5.41) is 23.3. The highest BCUT2D eigenvalue weighted by atomic mass is 16.3. The molecule has 184 valence electrons. The van der Waals surface area contributed by atoms with Crippen LogP contribution in [0.3, 0.4) is 0 Å². The van der Waals surface area contributed by atoms with E-state index in [0.717, 1.165) is 25.7 Å². The Morgan fingerprint density at radius 2 is 0.556 bits per heavy atom. The van der Waals surface area contributed by atoms with Crippen LogP contribution >= 0.6 is 0 Å². The lowest BCUT2D eigenvalue weighted by Crippen LogP contribution is -2.55. The monoisotopic (exact) mass is 476 g/mol. The third-order valence-electron chi connectivity index (χ3n) is 8.13. The first kappa shape index (κ1) is 24.5. The average molecular weight is 477 g/mol. The van der Waals surface area contributed by atoms with Gasteiger partial charge < -0.3 is 10.2 Å². The average Bonchev–Trinajstić information content (AvgIpc) is 2.93. The fourth-order valence-electron chi connectivity index (χ4n) is 6.34. The minimum Gasteiger partial charge on any atom is -0.390 e. The molecule has 2 N–H and O–H groups in total. The second kappa shape index (κ2) is 11.7. The zero-order valence-electron chi connectivity index (χ0n) is 20.7. The van der Waals surface area contributed by atoms with Gasteiger partial charge in [-0.1, -0.05) is 121 Å². The van der Waals surface area contributed by atoms with Crippen LogP contribution in [0.1, 0.15) is 22.3 Å². The van der Waals surface area contributed by atoms with E-state index in [0.29, 0.717) is 0 Å². The van der Waals surface area contributed by atoms with E-state index >= 15 is 0 Å². The first-order valence-electron chi connectivity index (χ1n) is 13.2. The molecule has 1 fully saturated rings. The van der Waals surface area contributed by atoms with E-state index in [2.05, 4.69) is 109 Å². The Bertz CT molecular complexity index is 1080. The molecule has 2 heteroatoms. The summed E-state index contributed by atoms with van der Waals surface area (Å²) in [6.07, 6.45) is 1.79. The van der Waals surface area contributed by atoms with Crippen LogP contribution in [0.2, 0.25) is 0 Å². The molecule has 0 aliphatic heterocycles. The van der Waals surface area contributed by atoms with Crippen LogP contribution in [0.4, 0.5) is 0 Å². The van der Waals surface area contributed by atoms with Crippen LogP contribution in [0.15, 0.2) is 121 Å². The van der Waals surface area contributed by atoms with Gasteiger partial charge >= 0.3 is 0 Å². The smallest absolute Gasteiger partial charge is 0.0836 e. The lowest BCUT2D eigenvalue weighted by Gasteiger charge is -2.49. The van der Waals surface area contributed by atoms with E-state index in [1.165, 1.54) is 22.3 Å². The van der Waals surface area contributed by atoms with Crippen LogP contribution in [0.5, 0.6) is 0 Å². The molecule has 1 saturated carbocycles.